The predicted molar refractivity (Wildman–Crippen MR) is 102 cm³/mol. The van der Waals surface area contributed by atoms with Gasteiger partial charge in [0, 0.05) is 6.54 Å². The number of ether oxygens (including phenoxy) is 1. The topological polar surface area (TPSA) is 21.3 Å². The highest BCUT2D eigenvalue weighted by molar-refractivity contribution is 5.29. The molecule has 2 aromatic rings. The molecular formula is C22H31NO. The van der Waals surface area contributed by atoms with E-state index >= 15 is 0 Å². The van der Waals surface area contributed by atoms with Crippen LogP contribution in [0.2, 0.25) is 0 Å². The number of nitrogens with one attached hydrogen (secondary N) is 1. The Morgan fingerprint density at radius 2 is 1.54 bits per heavy atom. The molecule has 0 fully saturated rings. The number of hydrogen-bond acceptors (Lipinski definition) is 2. The molecule has 0 amide bonds. The van der Waals surface area contributed by atoms with E-state index in [2.05, 4.69) is 42.6 Å². The Kier molecular flexibility index (Phi) is 9.03. The summed E-state index contributed by atoms with van der Waals surface area (Å²) in [5, 5.41) is 3.54. The summed E-state index contributed by atoms with van der Waals surface area (Å²) in [6.07, 6.45) is 8.07. The quantitative estimate of drug-likeness (QED) is 0.504. The second-order valence-electron chi connectivity index (χ2n) is 6.37. The molecule has 2 aromatic carbocycles. The van der Waals surface area contributed by atoms with Crippen LogP contribution in [0, 0.1) is 0 Å². The lowest BCUT2D eigenvalue weighted by Crippen LogP contribution is -2.14. The first kappa shape index (κ1) is 18.5. The van der Waals surface area contributed by atoms with Gasteiger partial charge in [-0.15, -0.1) is 0 Å². The molecular weight excluding hydrogens is 294 g/mol. The van der Waals surface area contributed by atoms with Crippen LogP contribution >= 0.6 is 0 Å². The van der Waals surface area contributed by atoms with E-state index in [0.717, 1.165) is 18.8 Å². The molecule has 0 atom stereocenters. The largest absolute Gasteiger partial charge is 0.489 e. The highest BCUT2D eigenvalue weighted by Crippen LogP contribution is 2.15. The van der Waals surface area contributed by atoms with Crippen LogP contribution < -0.4 is 10.1 Å². The maximum Gasteiger partial charge on any atom is 0.120 e. The summed E-state index contributed by atoms with van der Waals surface area (Å²) in [5.41, 5.74) is 2.48. The third-order valence-electron chi connectivity index (χ3n) is 4.18. The Labute approximate surface area is 147 Å². The predicted octanol–water partition coefficient (Wildman–Crippen LogP) is 5.72. The summed E-state index contributed by atoms with van der Waals surface area (Å²) >= 11 is 0. The molecule has 0 spiro atoms. The molecule has 0 saturated carbocycles. The summed E-state index contributed by atoms with van der Waals surface area (Å²) in [7, 11) is 0. The minimum Gasteiger partial charge on any atom is -0.489 e. The summed E-state index contributed by atoms with van der Waals surface area (Å²) < 4.78 is 5.89. The zero-order valence-corrected chi connectivity index (χ0v) is 15.0. The van der Waals surface area contributed by atoms with Gasteiger partial charge in [-0.2, -0.15) is 0 Å². The van der Waals surface area contributed by atoms with Crippen LogP contribution in [-0.4, -0.2) is 6.54 Å². The van der Waals surface area contributed by atoms with Gasteiger partial charge in [0.15, 0.2) is 0 Å². The van der Waals surface area contributed by atoms with Gasteiger partial charge < -0.3 is 10.1 Å². The molecule has 0 radical (unpaired) electrons. The second-order valence-corrected chi connectivity index (χ2v) is 6.37. The molecule has 0 aliphatic carbocycles. The van der Waals surface area contributed by atoms with Gasteiger partial charge in [0.1, 0.15) is 12.4 Å². The summed E-state index contributed by atoms with van der Waals surface area (Å²) in [4.78, 5) is 0. The van der Waals surface area contributed by atoms with E-state index in [0.29, 0.717) is 6.61 Å². The standard InChI is InChI=1S/C22H31NO/c1-2-3-4-5-6-10-16-23-18-21-14-11-15-22(17-21)24-19-20-12-8-7-9-13-20/h7-9,11-15,17,23H,2-6,10,16,18-19H2,1H3. The maximum atomic E-state index is 5.89. The number of unbranched alkanes of at least 4 members (excludes halogenated alkanes) is 5. The average molecular weight is 325 g/mol. The minimum atomic E-state index is 0.621. The molecule has 24 heavy (non-hydrogen) atoms. The third-order valence-corrected chi connectivity index (χ3v) is 4.18. The summed E-state index contributed by atoms with van der Waals surface area (Å²) in [5.74, 6) is 0.942. The third kappa shape index (κ3) is 7.65. The van der Waals surface area contributed by atoms with E-state index in [9.17, 15) is 0 Å². The smallest absolute Gasteiger partial charge is 0.120 e. The molecule has 0 unspecified atom stereocenters. The van der Waals surface area contributed by atoms with Crippen molar-refractivity contribution in [3.05, 3.63) is 65.7 Å². The zero-order valence-electron chi connectivity index (χ0n) is 15.0. The lowest BCUT2D eigenvalue weighted by atomic mass is 10.1. The maximum absolute atomic E-state index is 5.89. The van der Waals surface area contributed by atoms with Gasteiger partial charge >= 0.3 is 0 Å². The first-order valence-electron chi connectivity index (χ1n) is 9.35. The van der Waals surface area contributed by atoms with Gasteiger partial charge in [-0.25, -0.2) is 0 Å². The Morgan fingerprint density at radius 3 is 2.38 bits per heavy atom. The summed E-state index contributed by atoms with van der Waals surface area (Å²) in [6.45, 7) is 4.90. The van der Waals surface area contributed by atoms with Crippen molar-refractivity contribution in [1.82, 2.24) is 5.32 Å². The van der Waals surface area contributed by atoms with Crippen molar-refractivity contribution in [2.45, 2.75) is 58.6 Å². The molecule has 0 aromatic heterocycles. The molecule has 2 heteroatoms. The Balaban J connectivity index is 1.63. The van der Waals surface area contributed by atoms with Gasteiger partial charge in [0.05, 0.1) is 0 Å². The Hall–Kier alpha value is -1.80. The number of hydrogen-bond donors (Lipinski definition) is 1. The van der Waals surface area contributed by atoms with Crippen LogP contribution in [0.3, 0.4) is 0 Å². The molecule has 0 aliphatic rings. The molecule has 0 bridgehead atoms. The van der Waals surface area contributed by atoms with Crippen LogP contribution in [0.4, 0.5) is 0 Å². The van der Waals surface area contributed by atoms with Crippen LogP contribution in [-0.2, 0) is 13.2 Å². The van der Waals surface area contributed by atoms with Gasteiger partial charge in [0.25, 0.3) is 0 Å². The average Bonchev–Trinajstić information content (AvgIpc) is 2.63. The highest BCUT2D eigenvalue weighted by atomic mass is 16.5. The zero-order chi connectivity index (χ0) is 16.9. The van der Waals surface area contributed by atoms with Crippen LogP contribution in [0.1, 0.15) is 56.6 Å². The van der Waals surface area contributed by atoms with Crippen molar-refractivity contribution in [3.63, 3.8) is 0 Å². The van der Waals surface area contributed by atoms with E-state index in [1.807, 2.05) is 24.3 Å². The molecule has 0 saturated heterocycles. The van der Waals surface area contributed by atoms with E-state index < -0.39 is 0 Å². The fourth-order valence-corrected chi connectivity index (χ4v) is 2.75. The first-order chi connectivity index (χ1) is 11.9. The van der Waals surface area contributed by atoms with Crippen molar-refractivity contribution in [1.29, 1.82) is 0 Å². The van der Waals surface area contributed by atoms with Crippen molar-refractivity contribution in [2.24, 2.45) is 0 Å². The van der Waals surface area contributed by atoms with Crippen LogP contribution in [0.25, 0.3) is 0 Å². The molecule has 1 N–H and O–H groups in total. The minimum absolute atomic E-state index is 0.621. The lowest BCUT2D eigenvalue weighted by molar-refractivity contribution is 0.306. The molecule has 2 rings (SSSR count). The van der Waals surface area contributed by atoms with Gasteiger partial charge in [0.2, 0.25) is 0 Å². The van der Waals surface area contributed by atoms with Crippen molar-refractivity contribution in [3.8, 4) is 5.75 Å². The monoisotopic (exact) mass is 325 g/mol. The molecule has 0 heterocycles. The van der Waals surface area contributed by atoms with E-state index in [1.54, 1.807) is 0 Å². The fraction of sp³-hybridized carbons (Fsp3) is 0.455. The van der Waals surface area contributed by atoms with E-state index in [4.69, 9.17) is 4.74 Å². The first-order valence-corrected chi connectivity index (χ1v) is 9.35. The van der Waals surface area contributed by atoms with Gasteiger partial charge in [-0.05, 0) is 36.2 Å². The van der Waals surface area contributed by atoms with E-state index in [-0.39, 0.29) is 0 Å². The molecule has 2 nitrogen and oxygen atoms in total. The Bertz CT molecular complexity index is 553. The van der Waals surface area contributed by atoms with Crippen molar-refractivity contribution in [2.75, 3.05) is 6.54 Å². The van der Waals surface area contributed by atoms with Crippen molar-refractivity contribution < 1.29 is 4.74 Å². The molecule has 130 valence electrons. The second kappa shape index (κ2) is 11.7. The molecule has 0 aliphatic heterocycles. The fourth-order valence-electron chi connectivity index (χ4n) is 2.75. The van der Waals surface area contributed by atoms with Gasteiger partial charge in [-0.1, -0.05) is 81.5 Å². The lowest BCUT2D eigenvalue weighted by Gasteiger charge is -2.09. The van der Waals surface area contributed by atoms with Crippen LogP contribution in [0.5, 0.6) is 5.75 Å². The number of benzene rings is 2. The highest BCUT2D eigenvalue weighted by Gasteiger charge is 1.98. The normalized spacial score (nSPS) is 10.7. The van der Waals surface area contributed by atoms with Crippen LogP contribution in [0.15, 0.2) is 54.6 Å². The Morgan fingerprint density at radius 1 is 0.792 bits per heavy atom. The van der Waals surface area contributed by atoms with E-state index in [1.165, 1.54) is 49.7 Å². The van der Waals surface area contributed by atoms with Crippen molar-refractivity contribution >= 4 is 0 Å². The summed E-state index contributed by atoms with van der Waals surface area (Å²) in [6, 6.07) is 18.7. The number of rotatable bonds is 12. The SMILES string of the molecule is CCCCCCCCNCc1cccc(OCc2ccccc2)c1. The van der Waals surface area contributed by atoms with Gasteiger partial charge in [-0.3, -0.25) is 0 Å².